The molecule has 0 fully saturated rings. The molecule has 0 unspecified atom stereocenters. The lowest BCUT2D eigenvalue weighted by Gasteiger charge is -2.11. The van der Waals surface area contributed by atoms with Crippen molar-refractivity contribution in [2.75, 3.05) is 26.8 Å². The van der Waals surface area contributed by atoms with Gasteiger partial charge in [-0.2, -0.15) is 0 Å². The highest BCUT2D eigenvalue weighted by Crippen LogP contribution is 2.16. The van der Waals surface area contributed by atoms with E-state index in [1.165, 1.54) is 4.88 Å². The van der Waals surface area contributed by atoms with Crippen molar-refractivity contribution in [3.63, 3.8) is 0 Å². The van der Waals surface area contributed by atoms with Crippen LogP contribution in [0, 0.1) is 0 Å². The second-order valence-corrected chi connectivity index (χ2v) is 6.11. The smallest absolute Gasteiger partial charge is 0.191 e. The molecule has 0 saturated heterocycles. The Bertz CT molecular complexity index is 597. The van der Waals surface area contributed by atoms with Crippen molar-refractivity contribution in [3.05, 3.63) is 46.7 Å². The van der Waals surface area contributed by atoms with Gasteiger partial charge in [0.15, 0.2) is 5.96 Å². The zero-order valence-corrected chi connectivity index (χ0v) is 15.1. The first kappa shape index (κ1) is 18.1. The normalized spacial score (nSPS) is 11.2. The summed E-state index contributed by atoms with van der Waals surface area (Å²) in [6, 6.07) is 11.8. The average Bonchev–Trinajstić information content (AvgIpc) is 3.13. The van der Waals surface area contributed by atoms with Crippen LogP contribution < -0.4 is 20.1 Å². The van der Waals surface area contributed by atoms with Gasteiger partial charge in [0.05, 0.1) is 20.3 Å². The van der Waals surface area contributed by atoms with E-state index < -0.39 is 0 Å². The van der Waals surface area contributed by atoms with Crippen molar-refractivity contribution in [2.24, 2.45) is 4.99 Å². The lowest BCUT2D eigenvalue weighted by atomic mass is 10.3. The number of benzene rings is 1. The molecule has 0 bridgehead atoms. The monoisotopic (exact) mass is 347 g/mol. The minimum Gasteiger partial charge on any atom is -0.497 e. The van der Waals surface area contributed by atoms with E-state index in [9.17, 15) is 0 Å². The Hall–Kier alpha value is -2.21. The molecule has 1 heterocycles. The van der Waals surface area contributed by atoms with Gasteiger partial charge in [0.1, 0.15) is 11.5 Å². The zero-order valence-electron chi connectivity index (χ0n) is 14.2. The van der Waals surface area contributed by atoms with E-state index in [4.69, 9.17) is 9.47 Å². The van der Waals surface area contributed by atoms with E-state index in [-0.39, 0.29) is 0 Å². The summed E-state index contributed by atoms with van der Waals surface area (Å²) in [5.41, 5.74) is 0. The Labute approximate surface area is 147 Å². The summed E-state index contributed by atoms with van der Waals surface area (Å²) in [6.45, 7) is 5.08. The summed E-state index contributed by atoms with van der Waals surface area (Å²) in [4.78, 5) is 5.84. The van der Waals surface area contributed by atoms with Crippen LogP contribution in [0.25, 0.3) is 0 Å². The zero-order chi connectivity index (χ0) is 17.0. The fraction of sp³-hybridized carbons (Fsp3) is 0.389. The average molecular weight is 347 g/mol. The molecule has 0 spiro atoms. The third kappa shape index (κ3) is 6.50. The van der Waals surface area contributed by atoms with Gasteiger partial charge in [-0.15, -0.1) is 11.3 Å². The predicted molar refractivity (Wildman–Crippen MR) is 100 cm³/mol. The number of ether oxygens (including phenoxy) is 2. The highest BCUT2D eigenvalue weighted by atomic mass is 32.1. The van der Waals surface area contributed by atoms with E-state index in [0.717, 1.165) is 37.0 Å². The second-order valence-electron chi connectivity index (χ2n) is 5.08. The van der Waals surface area contributed by atoms with Crippen LogP contribution in [-0.4, -0.2) is 32.8 Å². The van der Waals surface area contributed by atoms with Gasteiger partial charge in [-0.05, 0) is 49.1 Å². The number of nitrogens with one attached hydrogen (secondary N) is 2. The predicted octanol–water partition coefficient (Wildman–Crippen LogP) is 3.28. The van der Waals surface area contributed by atoms with Crippen molar-refractivity contribution in [2.45, 2.75) is 19.9 Å². The molecule has 130 valence electrons. The first-order valence-electron chi connectivity index (χ1n) is 8.13. The summed E-state index contributed by atoms with van der Waals surface area (Å²) in [5.74, 6) is 2.53. The quantitative estimate of drug-likeness (QED) is 0.415. The third-order valence-corrected chi connectivity index (χ3v) is 4.12. The molecule has 0 amide bonds. The Morgan fingerprint density at radius 2 is 1.92 bits per heavy atom. The molecule has 0 atom stereocenters. The molecule has 2 N–H and O–H groups in total. The molecule has 0 aliphatic rings. The topological polar surface area (TPSA) is 54.9 Å². The maximum atomic E-state index is 5.71. The van der Waals surface area contributed by atoms with Crippen molar-refractivity contribution < 1.29 is 9.47 Å². The largest absolute Gasteiger partial charge is 0.497 e. The number of hydrogen-bond donors (Lipinski definition) is 2. The molecule has 2 rings (SSSR count). The number of rotatable bonds is 9. The van der Waals surface area contributed by atoms with E-state index >= 15 is 0 Å². The standard InChI is InChI=1S/C18H25N3O2S/c1-3-19-18(21-14-17-6-4-13-24-17)20-11-5-12-23-16-9-7-15(22-2)8-10-16/h4,6-10,13H,3,5,11-12,14H2,1-2H3,(H2,19,20,21). The molecule has 0 saturated carbocycles. The summed E-state index contributed by atoms with van der Waals surface area (Å²) >= 11 is 1.72. The number of aliphatic imine (C=N–C) groups is 1. The van der Waals surface area contributed by atoms with Crippen LogP contribution in [0.5, 0.6) is 11.5 Å². The summed E-state index contributed by atoms with van der Waals surface area (Å²) in [6.07, 6.45) is 0.898. The summed E-state index contributed by atoms with van der Waals surface area (Å²) in [7, 11) is 1.66. The van der Waals surface area contributed by atoms with Crippen LogP contribution >= 0.6 is 11.3 Å². The molecule has 5 nitrogen and oxygen atoms in total. The summed E-state index contributed by atoms with van der Waals surface area (Å²) < 4.78 is 10.8. The van der Waals surface area contributed by atoms with Gasteiger partial charge in [0.2, 0.25) is 0 Å². The van der Waals surface area contributed by atoms with Crippen LogP contribution in [0.15, 0.2) is 46.8 Å². The molecular weight excluding hydrogens is 322 g/mol. The summed E-state index contributed by atoms with van der Waals surface area (Å²) in [5, 5.41) is 8.66. The first-order chi connectivity index (χ1) is 11.8. The van der Waals surface area contributed by atoms with Gasteiger partial charge in [-0.1, -0.05) is 6.07 Å². The fourth-order valence-electron chi connectivity index (χ4n) is 2.04. The van der Waals surface area contributed by atoms with Crippen LogP contribution in [0.2, 0.25) is 0 Å². The van der Waals surface area contributed by atoms with Crippen LogP contribution in [0.1, 0.15) is 18.2 Å². The van der Waals surface area contributed by atoms with Gasteiger partial charge >= 0.3 is 0 Å². The number of nitrogens with zero attached hydrogens (tertiary/aromatic N) is 1. The van der Waals surface area contributed by atoms with Crippen LogP contribution in [0.3, 0.4) is 0 Å². The molecule has 2 aromatic rings. The Morgan fingerprint density at radius 1 is 1.12 bits per heavy atom. The van der Waals surface area contributed by atoms with Gasteiger partial charge in [-0.3, -0.25) is 0 Å². The van der Waals surface area contributed by atoms with Gasteiger partial charge < -0.3 is 20.1 Å². The molecule has 0 aliphatic heterocycles. The number of thiophene rings is 1. The van der Waals surface area contributed by atoms with Gasteiger partial charge in [-0.25, -0.2) is 4.99 Å². The van der Waals surface area contributed by atoms with Gasteiger partial charge in [0.25, 0.3) is 0 Å². The highest BCUT2D eigenvalue weighted by Gasteiger charge is 1.99. The number of hydrogen-bond acceptors (Lipinski definition) is 4. The molecule has 1 aromatic carbocycles. The van der Waals surface area contributed by atoms with Crippen molar-refractivity contribution >= 4 is 17.3 Å². The maximum absolute atomic E-state index is 5.71. The minimum atomic E-state index is 0.656. The second kappa shape index (κ2) is 10.5. The Morgan fingerprint density at radius 3 is 2.58 bits per heavy atom. The van der Waals surface area contributed by atoms with E-state index in [1.807, 2.05) is 30.3 Å². The Balaban J connectivity index is 1.67. The molecule has 24 heavy (non-hydrogen) atoms. The third-order valence-electron chi connectivity index (χ3n) is 3.26. The maximum Gasteiger partial charge on any atom is 0.191 e. The minimum absolute atomic E-state index is 0.656. The van der Waals surface area contributed by atoms with Crippen LogP contribution in [-0.2, 0) is 6.54 Å². The Kier molecular flexibility index (Phi) is 7.97. The van der Waals surface area contributed by atoms with Crippen molar-refractivity contribution in [1.29, 1.82) is 0 Å². The van der Waals surface area contributed by atoms with Crippen LogP contribution in [0.4, 0.5) is 0 Å². The highest BCUT2D eigenvalue weighted by molar-refractivity contribution is 7.09. The first-order valence-corrected chi connectivity index (χ1v) is 9.01. The number of guanidine groups is 1. The molecule has 0 aliphatic carbocycles. The van der Waals surface area contributed by atoms with E-state index in [1.54, 1.807) is 18.4 Å². The molecule has 1 aromatic heterocycles. The van der Waals surface area contributed by atoms with Gasteiger partial charge in [0, 0.05) is 18.0 Å². The van der Waals surface area contributed by atoms with Crippen molar-refractivity contribution in [1.82, 2.24) is 10.6 Å². The molecule has 0 radical (unpaired) electrons. The lowest BCUT2D eigenvalue weighted by Crippen LogP contribution is -2.38. The lowest BCUT2D eigenvalue weighted by molar-refractivity contribution is 0.310. The molecule has 6 heteroatoms. The van der Waals surface area contributed by atoms with E-state index in [2.05, 4.69) is 34.0 Å². The molecular formula is C18H25N3O2S. The fourth-order valence-corrected chi connectivity index (χ4v) is 2.67. The number of methoxy groups -OCH3 is 1. The van der Waals surface area contributed by atoms with Crippen molar-refractivity contribution in [3.8, 4) is 11.5 Å². The SMILES string of the molecule is CCNC(=NCc1cccs1)NCCCOc1ccc(OC)cc1. The van der Waals surface area contributed by atoms with E-state index in [0.29, 0.717) is 13.2 Å².